The van der Waals surface area contributed by atoms with Crippen LogP contribution in [0.15, 0.2) is 65.7 Å². The largest absolute Gasteiger partial charge is 0.454 e. The van der Waals surface area contributed by atoms with E-state index in [9.17, 15) is 24.4 Å². The number of amides is 2. The highest BCUT2D eigenvalue weighted by molar-refractivity contribution is 8.00. The summed E-state index contributed by atoms with van der Waals surface area (Å²) in [5.74, 6) is -1.79. The average Bonchev–Trinajstić information content (AvgIpc) is 3.22. The van der Waals surface area contributed by atoms with Gasteiger partial charge < -0.3 is 4.74 Å². The van der Waals surface area contributed by atoms with Crippen LogP contribution >= 0.6 is 11.8 Å². The highest BCUT2D eigenvalue weighted by Gasteiger charge is 2.40. The molecule has 198 valence electrons. The minimum atomic E-state index is -0.712. The molecule has 39 heavy (non-hydrogen) atoms. The molecule has 1 atom stereocenters. The lowest BCUT2D eigenvalue weighted by atomic mass is 10.1. The van der Waals surface area contributed by atoms with Gasteiger partial charge in [-0.1, -0.05) is 54.9 Å². The predicted molar refractivity (Wildman–Crippen MR) is 147 cm³/mol. The summed E-state index contributed by atoms with van der Waals surface area (Å²) in [6.45, 7) is 3.60. The Balaban J connectivity index is 1.40. The lowest BCUT2D eigenvalue weighted by Crippen LogP contribution is -2.31. The van der Waals surface area contributed by atoms with Crippen molar-refractivity contribution < 1.29 is 23.9 Å². The summed E-state index contributed by atoms with van der Waals surface area (Å²) in [6, 6.07) is 18.5. The van der Waals surface area contributed by atoms with E-state index >= 15 is 0 Å². The number of hydrogen-bond acceptors (Lipinski definition) is 8. The standard InChI is InChI=1S/C30H27N3O5S/c1-3-4-5-23-13-10-22(17-31)28(32-23)39-26-16-27(35)33(29(26)36)24-14-11-21(12-15-24)30(37)38-18-25(34)20-8-6-19(2)7-9-20/h6-15,26H,3-5,16,18H2,1-2H3. The second-order valence-corrected chi connectivity index (χ2v) is 10.4. The van der Waals surface area contributed by atoms with E-state index in [0.717, 1.165) is 47.2 Å². The first kappa shape index (κ1) is 27.7. The van der Waals surface area contributed by atoms with Gasteiger partial charge in [-0.15, -0.1) is 0 Å². The van der Waals surface area contributed by atoms with Crippen LogP contribution in [0.4, 0.5) is 5.69 Å². The van der Waals surface area contributed by atoms with Gasteiger partial charge in [0.2, 0.25) is 11.8 Å². The van der Waals surface area contributed by atoms with Gasteiger partial charge >= 0.3 is 5.97 Å². The van der Waals surface area contributed by atoms with Crippen LogP contribution in [0, 0.1) is 18.3 Å². The molecule has 1 aliphatic rings. The number of pyridine rings is 1. The van der Waals surface area contributed by atoms with Crippen LogP contribution in [0.25, 0.3) is 0 Å². The van der Waals surface area contributed by atoms with Crippen molar-refractivity contribution in [2.75, 3.05) is 11.5 Å². The van der Waals surface area contributed by atoms with E-state index in [0.29, 0.717) is 21.8 Å². The van der Waals surface area contributed by atoms with Crippen molar-refractivity contribution in [2.24, 2.45) is 0 Å². The SMILES string of the molecule is CCCCc1ccc(C#N)c(SC2CC(=O)N(c3ccc(C(=O)OCC(=O)c4ccc(C)cc4)cc3)C2=O)n1. The number of ketones is 1. The number of hydrogen-bond donors (Lipinski definition) is 0. The number of rotatable bonds is 10. The number of benzene rings is 2. The maximum Gasteiger partial charge on any atom is 0.338 e. The molecule has 1 aliphatic heterocycles. The molecule has 8 nitrogen and oxygen atoms in total. The van der Waals surface area contributed by atoms with Crippen molar-refractivity contribution in [3.63, 3.8) is 0 Å². The molecule has 2 aromatic carbocycles. The van der Waals surface area contributed by atoms with Gasteiger partial charge in [-0.3, -0.25) is 14.4 Å². The Bertz CT molecular complexity index is 1440. The number of thioether (sulfide) groups is 1. The van der Waals surface area contributed by atoms with Crippen molar-refractivity contribution >= 4 is 41.0 Å². The zero-order chi connectivity index (χ0) is 27.9. The molecule has 2 heterocycles. The predicted octanol–water partition coefficient (Wildman–Crippen LogP) is 5.07. The first-order valence-corrected chi connectivity index (χ1v) is 13.5. The fraction of sp³-hybridized carbons (Fsp3) is 0.267. The van der Waals surface area contributed by atoms with Gasteiger partial charge in [-0.05, 0) is 56.2 Å². The number of unbranched alkanes of at least 4 members (excludes halogenated alkanes) is 1. The molecule has 4 rings (SSSR count). The number of ether oxygens (including phenoxy) is 1. The van der Waals surface area contributed by atoms with Crippen molar-refractivity contribution in [1.82, 2.24) is 4.98 Å². The molecule has 0 N–H and O–H groups in total. The summed E-state index contributed by atoms with van der Waals surface area (Å²) < 4.78 is 5.15. The van der Waals surface area contributed by atoms with Crippen molar-refractivity contribution in [2.45, 2.75) is 49.8 Å². The molecular formula is C30H27N3O5S. The van der Waals surface area contributed by atoms with Crippen LogP contribution in [0.3, 0.4) is 0 Å². The highest BCUT2D eigenvalue weighted by atomic mass is 32.2. The molecule has 2 amide bonds. The van der Waals surface area contributed by atoms with Crippen LogP contribution in [0.5, 0.6) is 0 Å². The van der Waals surface area contributed by atoms with E-state index in [2.05, 4.69) is 18.0 Å². The topological polar surface area (TPSA) is 117 Å². The third kappa shape index (κ3) is 6.59. The number of nitriles is 1. The molecule has 0 bridgehead atoms. The number of imide groups is 1. The Morgan fingerprint density at radius 2 is 1.74 bits per heavy atom. The number of Topliss-reactive ketones (excluding diaryl/α,β-unsaturated/α-hetero) is 1. The Morgan fingerprint density at radius 3 is 2.41 bits per heavy atom. The number of anilines is 1. The molecule has 1 aromatic heterocycles. The molecule has 0 saturated carbocycles. The second-order valence-electron chi connectivity index (χ2n) is 9.16. The molecule has 3 aromatic rings. The van der Waals surface area contributed by atoms with E-state index in [1.807, 2.05) is 13.0 Å². The van der Waals surface area contributed by atoms with E-state index in [-0.39, 0.29) is 23.7 Å². The Morgan fingerprint density at radius 1 is 1.05 bits per heavy atom. The molecule has 0 radical (unpaired) electrons. The first-order chi connectivity index (χ1) is 18.8. The average molecular weight is 542 g/mol. The van der Waals surface area contributed by atoms with Crippen LogP contribution in [-0.2, 0) is 20.7 Å². The van der Waals surface area contributed by atoms with Gasteiger partial charge in [0.05, 0.1) is 22.1 Å². The minimum absolute atomic E-state index is 0.0276. The van der Waals surface area contributed by atoms with E-state index in [1.165, 1.54) is 24.3 Å². The maximum absolute atomic E-state index is 13.2. The molecule has 1 fully saturated rings. The van der Waals surface area contributed by atoms with Crippen molar-refractivity contribution in [3.8, 4) is 6.07 Å². The number of aromatic nitrogens is 1. The third-order valence-corrected chi connectivity index (χ3v) is 7.44. The number of carbonyl (C=O) groups is 4. The van der Waals surface area contributed by atoms with Gasteiger partial charge in [0.25, 0.3) is 0 Å². The fourth-order valence-corrected chi connectivity index (χ4v) is 5.15. The zero-order valence-corrected chi connectivity index (χ0v) is 22.5. The summed E-state index contributed by atoms with van der Waals surface area (Å²) >= 11 is 1.12. The first-order valence-electron chi connectivity index (χ1n) is 12.6. The third-order valence-electron chi connectivity index (χ3n) is 6.25. The summed E-state index contributed by atoms with van der Waals surface area (Å²) in [7, 11) is 0. The Hall–Kier alpha value is -4.29. The molecule has 1 saturated heterocycles. The monoisotopic (exact) mass is 541 g/mol. The molecule has 0 aliphatic carbocycles. The molecule has 9 heteroatoms. The van der Waals surface area contributed by atoms with Crippen molar-refractivity contribution in [1.29, 1.82) is 5.26 Å². The van der Waals surface area contributed by atoms with Gasteiger partial charge in [0.15, 0.2) is 12.4 Å². The minimum Gasteiger partial charge on any atom is -0.454 e. The smallest absolute Gasteiger partial charge is 0.338 e. The lowest BCUT2D eigenvalue weighted by molar-refractivity contribution is -0.121. The Kier molecular flexibility index (Phi) is 8.89. The van der Waals surface area contributed by atoms with Crippen LogP contribution in [0.1, 0.15) is 63.7 Å². The summed E-state index contributed by atoms with van der Waals surface area (Å²) in [5.41, 5.74) is 3.19. The van der Waals surface area contributed by atoms with E-state index in [4.69, 9.17) is 4.74 Å². The maximum atomic E-state index is 13.2. The summed E-state index contributed by atoms with van der Waals surface area (Å²) in [6.07, 6.45) is 2.72. The van der Waals surface area contributed by atoms with Gasteiger partial charge in [0, 0.05) is 17.7 Å². The van der Waals surface area contributed by atoms with Crippen LogP contribution < -0.4 is 4.90 Å². The number of nitrogens with zero attached hydrogens (tertiary/aromatic N) is 3. The molecule has 0 spiro atoms. The molecule has 1 unspecified atom stereocenters. The normalized spacial score (nSPS) is 14.8. The van der Waals surface area contributed by atoms with E-state index < -0.39 is 23.7 Å². The number of aryl methyl sites for hydroxylation is 2. The highest BCUT2D eigenvalue weighted by Crippen LogP contribution is 2.35. The summed E-state index contributed by atoms with van der Waals surface area (Å²) in [5, 5.41) is 9.22. The summed E-state index contributed by atoms with van der Waals surface area (Å²) in [4.78, 5) is 56.3. The van der Waals surface area contributed by atoms with Crippen LogP contribution in [-0.4, -0.2) is 40.4 Å². The van der Waals surface area contributed by atoms with Gasteiger partial charge in [-0.25, -0.2) is 14.7 Å². The number of carbonyl (C=O) groups excluding carboxylic acids is 4. The van der Waals surface area contributed by atoms with Gasteiger partial charge in [0.1, 0.15) is 11.1 Å². The van der Waals surface area contributed by atoms with Gasteiger partial charge in [-0.2, -0.15) is 5.26 Å². The fourth-order valence-electron chi connectivity index (χ4n) is 4.04. The van der Waals surface area contributed by atoms with Crippen LogP contribution in [0.2, 0.25) is 0 Å². The number of esters is 1. The zero-order valence-electron chi connectivity index (χ0n) is 21.7. The second kappa shape index (κ2) is 12.5. The lowest BCUT2D eigenvalue weighted by Gasteiger charge is -2.15. The van der Waals surface area contributed by atoms with Crippen molar-refractivity contribution in [3.05, 3.63) is 88.6 Å². The van der Waals surface area contributed by atoms with E-state index in [1.54, 1.807) is 30.3 Å². The quantitative estimate of drug-likeness (QED) is 0.198. The molecular weight excluding hydrogens is 514 g/mol. The Labute approximate surface area is 231 Å².